The van der Waals surface area contributed by atoms with E-state index in [9.17, 15) is 12.9 Å². The van der Waals surface area contributed by atoms with Crippen molar-refractivity contribution < 1.29 is 12.9 Å². The fourth-order valence-corrected chi connectivity index (χ4v) is 1.53. The molecule has 84 valence electrons. The Labute approximate surface area is 91.9 Å². The van der Waals surface area contributed by atoms with E-state index in [1.807, 2.05) is 0 Å². The van der Waals surface area contributed by atoms with Crippen molar-refractivity contribution in [2.75, 3.05) is 13.5 Å². The predicted octanol–water partition coefficient (Wildman–Crippen LogP) is 3.16. The summed E-state index contributed by atoms with van der Waals surface area (Å²) in [6, 6.07) is 6.90. The highest BCUT2D eigenvalue weighted by Crippen LogP contribution is 2.18. The zero-order valence-corrected chi connectivity index (χ0v) is 9.02. The third-order valence-electron chi connectivity index (χ3n) is 1.92. The van der Waals surface area contributed by atoms with Gasteiger partial charge in [-0.15, -0.1) is 0 Å². The smallest absolute Gasteiger partial charge is 0.448 e. The molecule has 0 aliphatic rings. The minimum absolute atomic E-state index is 0.209. The number of hydrogen-bond donors (Lipinski definition) is 0. The predicted molar refractivity (Wildman–Crippen MR) is 56.9 cm³/mol. The molecule has 0 N–H and O–H groups in total. The minimum Gasteiger partial charge on any atom is -0.448 e. The molecule has 0 unspecified atom stereocenters. The largest absolute Gasteiger partial charge is 0.492 e. The SMILES string of the molecule is CN(Cc1ccccc1Cl)C[B-](F)(F)F. The third-order valence-corrected chi connectivity index (χ3v) is 2.29. The van der Waals surface area contributed by atoms with Gasteiger partial charge in [0.2, 0.25) is 0 Å². The van der Waals surface area contributed by atoms with E-state index < -0.39 is 13.4 Å². The Bertz CT molecular complexity index is 329. The van der Waals surface area contributed by atoms with Crippen LogP contribution in [0, 0.1) is 0 Å². The van der Waals surface area contributed by atoms with E-state index in [-0.39, 0.29) is 6.54 Å². The average Bonchev–Trinajstić information content (AvgIpc) is 2.05. The van der Waals surface area contributed by atoms with E-state index in [4.69, 9.17) is 11.6 Å². The first-order chi connectivity index (χ1) is 6.88. The maximum Gasteiger partial charge on any atom is 0.492 e. The summed E-state index contributed by atoms with van der Waals surface area (Å²) in [5.74, 6) is 0. The Kier molecular flexibility index (Phi) is 4.05. The van der Waals surface area contributed by atoms with E-state index in [0.717, 1.165) is 0 Å². The van der Waals surface area contributed by atoms with Gasteiger partial charge in [0.05, 0.1) is 0 Å². The molecule has 0 aliphatic heterocycles. The lowest BCUT2D eigenvalue weighted by Crippen LogP contribution is -2.35. The first-order valence-electron chi connectivity index (χ1n) is 4.51. The van der Waals surface area contributed by atoms with Crippen LogP contribution in [0.5, 0.6) is 0 Å². The fraction of sp³-hybridized carbons (Fsp3) is 0.333. The summed E-state index contributed by atoms with van der Waals surface area (Å²) in [6.07, 6.45) is -0.870. The van der Waals surface area contributed by atoms with Crippen LogP contribution in [0.4, 0.5) is 12.9 Å². The number of benzene rings is 1. The van der Waals surface area contributed by atoms with Crippen molar-refractivity contribution in [3.8, 4) is 0 Å². The lowest BCUT2D eigenvalue weighted by atomic mass is 9.91. The quantitative estimate of drug-likeness (QED) is 0.726. The molecule has 0 saturated carbocycles. The van der Waals surface area contributed by atoms with Crippen molar-refractivity contribution in [1.29, 1.82) is 0 Å². The summed E-state index contributed by atoms with van der Waals surface area (Å²) in [7, 11) is 1.43. The molecule has 0 aliphatic carbocycles. The Hall–Kier alpha value is -0.675. The molecule has 0 saturated heterocycles. The van der Waals surface area contributed by atoms with Gasteiger partial charge in [-0.05, 0) is 25.1 Å². The van der Waals surface area contributed by atoms with Gasteiger partial charge >= 0.3 is 6.98 Å². The lowest BCUT2D eigenvalue weighted by molar-refractivity contribution is 0.322. The average molecular weight is 236 g/mol. The van der Waals surface area contributed by atoms with Crippen molar-refractivity contribution in [3.05, 3.63) is 34.9 Å². The first-order valence-corrected chi connectivity index (χ1v) is 4.89. The number of hydrogen-bond acceptors (Lipinski definition) is 1. The molecule has 15 heavy (non-hydrogen) atoms. The Balaban J connectivity index is 2.59. The van der Waals surface area contributed by atoms with Gasteiger partial charge < -0.3 is 17.8 Å². The van der Waals surface area contributed by atoms with Crippen molar-refractivity contribution in [2.24, 2.45) is 0 Å². The zero-order valence-electron chi connectivity index (χ0n) is 8.26. The molecule has 0 radical (unpaired) electrons. The highest BCUT2D eigenvalue weighted by atomic mass is 35.5. The molecule has 6 heteroatoms. The van der Waals surface area contributed by atoms with Crippen LogP contribution in [0.15, 0.2) is 24.3 Å². The molecular formula is C9H11BClF3N-. The van der Waals surface area contributed by atoms with Crippen LogP contribution in [0.25, 0.3) is 0 Å². The molecule has 1 aromatic carbocycles. The highest BCUT2D eigenvalue weighted by Gasteiger charge is 2.24. The molecule has 1 nitrogen and oxygen atoms in total. The van der Waals surface area contributed by atoms with Crippen LogP contribution in [-0.4, -0.2) is 25.4 Å². The first kappa shape index (κ1) is 12.4. The van der Waals surface area contributed by atoms with Gasteiger partial charge in [-0.1, -0.05) is 29.8 Å². The molecule has 0 atom stereocenters. The van der Waals surface area contributed by atoms with Crippen molar-refractivity contribution in [1.82, 2.24) is 4.90 Å². The molecule has 1 aromatic rings. The summed E-state index contributed by atoms with van der Waals surface area (Å²) >= 11 is 5.84. The zero-order chi connectivity index (χ0) is 11.5. The number of halogens is 4. The molecule has 0 amide bonds. The van der Waals surface area contributed by atoms with E-state index in [0.29, 0.717) is 10.6 Å². The van der Waals surface area contributed by atoms with E-state index >= 15 is 0 Å². The highest BCUT2D eigenvalue weighted by molar-refractivity contribution is 6.58. The summed E-state index contributed by atoms with van der Waals surface area (Å²) in [4.78, 5) is 1.21. The summed E-state index contributed by atoms with van der Waals surface area (Å²) in [5.41, 5.74) is 0.710. The van der Waals surface area contributed by atoms with Crippen LogP contribution >= 0.6 is 11.6 Å². The van der Waals surface area contributed by atoms with Crippen molar-refractivity contribution in [2.45, 2.75) is 6.54 Å². The second-order valence-corrected chi connectivity index (χ2v) is 3.91. The van der Waals surface area contributed by atoms with Gasteiger partial charge in [0, 0.05) is 11.6 Å². The Morgan fingerprint density at radius 1 is 1.27 bits per heavy atom. The van der Waals surface area contributed by atoms with Crippen molar-refractivity contribution in [3.63, 3.8) is 0 Å². The van der Waals surface area contributed by atoms with Gasteiger partial charge in [0.1, 0.15) is 0 Å². The monoisotopic (exact) mass is 236 g/mol. The summed E-state index contributed by atoms with van der Waals surface area (Å²) in [5, 5.41) is 0.499. The Morgan fingerprint density at radius 2 is 1.87 bits per heavy atom. The summed E-state index contributed by atoms with van der Waals surface area (Å²) < 4.78 is 36.3. The van der Waals surface area contributed by atoms with Crippen LogP contribution < -0.4 is 0 Å². The Morgan fingerprint density at radius 3 is 2.40 bits per heavy atom. The van der Waals surface area contributed by atoms with Crippen LogP contribution in [0.2, 0.25) is 5.02 Å². The minimum atomic E-state index is -4.77. The second kappa shape index (κ2) is 4.90. The van der Waals surface area contributed by atoms with E-state index in [1.54, 1.807) is 24.3 Å². The molecule has 0 aromatic heterocycles. The molecule has 0 heterocycles. The molecule has 0 spiro atoms. The number of nitrogens with zero attached hydrogens (tertiary/aromatic N) is 1. The summed E-state index contributed by atoms with van der Waals surface area (Å²) in [6.45, 7) is -4.56. The molecule has 0 bridgehead atoms. The topological polar surface area (TPSA) is 3.24 Å². The van der Waals surface area contributed by atoms with Crippen LogP contribution in [0.3, 0.4) is 0 Å². The van der Waals surface area contributed by atoms with Crippen LogP contribution in [-0.2, 0) is 6.54 Å². The van der Waals surface area contributed by atoms with E-state index in [2.05, 4.69) is 0 Å². The van der Waals surface area contributed by atoms with Gasteiger partial charge in [-0.25, -0.2) is 0 Å². The van der Waals surface area contributed by atoms with Gasteiger partial charge in [0.15, 0.2) is 0 Å². The third kappa shape index (κ3) is 4.58. The maximum absolute atomic E-state index is 12.1. The normalized spacial score (nSPS) is 12.1. The van der Waals surface area contributed by atoms with Gasteiger partial charge in [-0.3, -0.25) is 0 Å². The fourth-order valence-electron chi connectivity index (χ4n) is 1.34. The molecule has 1 rings (SSSR count). The van der Waals surface area contributed by atoms with Gasteiger partial charge in [-0.2, -0.15) is 0 Å². The molecular weight excluding hydrogens is 225 g/mol. The van der Waals surface area contributed by atoms with E-state index in [1.165, 1.54) is 11.9 Å². The van der Waals surface area contributed by atoms with Gasteiger partial charge in [0.25, 0.3) is 0 Å². The standard InChI is InChI=1S/C9H11BClF3N/c1-15(7-10(12,13)14)6-8-4-2-3-5-9(8)11/h2-5H,6-7H2,1H3/q-1. The van der Waals surface area contributed by atoms with Crippen LogP contribution in [0.1, 0.15) is 5.56 Å². The van der Waals surface area contributed by atoms with Crippen molar-refractivity contribution >= 4 is 18.6 Å². The maximum atomic E-state index is 12.1. The number of rotatable bonds is 4. The lowest BCUT2D eigenvalue weighted by Gasteiger charge is -2.23. The second-order valence-electron chi connectivity index (χ2n) is 3.50. The molecule has 0 fully saturated rings.